The maximum absolute atomic E-state index is 12.7. The molecule has 7 heteroatoms. The fraction of sp³-hybridized carbons (Fsp3) is 0.444. The Kier molecular flexibility index (Phi) is 8.68. The number of carboxylic acid groups (broad SMARTS) is 1. The summed E-state index contributed by atoms with van der Waals surface area (Å²) in [7, 11) is 0. The normalized spacial score (nSPS) is 14.1. The molecule has 0 aliphatic heterocycles. The number of carboxylic acids is 1. The molecule has 1 aliphatic rings. The predicted molar refractivity (Wildman–Crippen MR) is 130 cm³/mol. The number of carbonyl (C=O) groups excluding carboxylic acids is 2. The Morgan fingerprint density at radius 1 is 0.971 bits per heavy atom. The molecule has 2 aromatic carbocycles. The van der Waals surface area contributed by atoms with Gasteiger partial charge in [-0.3, -0.25) is 9.59 Å². The highest BCUT2D eigenvalue weighted by Gasteiger charge is 2.29. The van der Waals surface area contributed by atoms with Gasteiger partial charge in [-0.2, -0.15) is 0 Å². The average Bonchev–Trinajstić information content (AvgIpc) is 3.11. The lowest BCUT2D eigenvalue weighted by molar-refractivity contribution is -0.137. The lowest BCUT2D eigenvalue weighted by Crippen LogP contribution is -2.44. The average molecular weight is 467 g/mol. The van der Waals surface area contributed by atoms with Crippen molar-refractivity contribution >= 4 is 18.0 Å². The molecule has 0 spiro atoms. The molecule has 0 saturated carbocycles. The van der Waals surface area contributed by atoms with Gasteiger partial charge in [0.05, 0.1) is 5.92 Å². The first-order chi connectivity index (χ1) is 16.3. The molecule has 0 bridgehead atoms. The van der Waals surface area contributed by atoms with Crippen LogP contribution in [0.15, 0.2) is 48.5 Å². The minimum Gasteiger partial charge on any atom is -0.481 e. The van der Waals surface area contributed by atoms with E-state index in [9.17, 15) is 14.4 Å². The van der Waals surface area contributed by atoms with Crippen molar-refractivity contribution in [3.05, 3.63) is 59.7 Å². The van der Waals surface area contributed by atoms with Gasteiger partial charge >= 0.3 is 12.1 Å². The number of carbonyl (C=O) groups is 3. The Hall–Kier alpha value is -3.35. The number of amides is 2. The zero-order valence-electron chi connectivity index (χ0n) is 20.0. The molecule has 0 heterocycles. The van der Waals surface area contributed by atoms with Crippen molar-refractivity contribution in [3.63, 3.8) is 0 Å². The van der Waals surface area contributed by atoms with E-state index >= 15 is 0 Å². The molecule has 3 N–H and O–H groups in total. The Balaban J connectivity index is 1.51. The number of hydrogen-bond acceptors (Lipinski definition) is 4. The lowest BCUT2D eigenvalue weighted by atomic mass is 9.94. The summed E-state index contributed by atoms with van der Waals surface area (Å²) in [5.74, 6) is -1.42. The maximum Gasteiger partial charge on any atom is 0.407 e. The van der Waals surface area contributed by atoms with Gasteiger partial charge < -0.3 is 20.5 Å². The van der Waals surface area contributed by atoms with Crippen molar-refractivity contribution in [1.82, 2.24) is 10.6 Å². The highest BCUT2D eigenvalue weighted by Crippen LogP contribution is 2.44. The Morgan fingerprint density at radius 2 is 1.56 bits per heavy atom. The van der Waals surface area contributed by atoms with Crippen molar-refractivity contribution in [1.29, 1.82) is 0 Å². The predicted octanol–water partition coefficient (Wildman–Crippen LogP) is 4.56. The highest BCUT2D eigenvalue weighted by molar-refractivity contribution is 5.80. The summed E-state index contributed by atoms with van der Waals surface area (Å²) in [5.41, 5.74) is 4.63. The van der Waals surface area contributed by atoms with E-state index in [1.165, 1.54) is 11.1 Å². The second kappa shape index (κ2) is 11.7. The first kappa shape index (κ1) is 25.3. The molecule has 3 rings (SSSR count). The summed E-state index contributed by atoms with van der Waals surface area (Å²) in [6.07, 6.45) is 0.621. The van der Waals surface area contributed by atoms with E-state index in [1.807, 2.05) is 45.0 Å². The van der Waals surface area contributed by atoms with Crippen molar-refractivity contribution in [3.8, 4) is 11.1 Å². The van der Waals surface area contributed by atoms with Gasteiger partial charge in [-0.05, 0) is 47.9 Å². The van der Waals surface area contributed by atoms with E-state index < -0.39 is 18.0 Å². The number of fused-ring (bicyclic) bond motifs is 3. The Morgan fingerprint density at radius 3 is 2.12 bits per heavy atom. The molecular formula is C27H34N2O5. The number of ether oxygens (including phenoxy) is 1. The third-order valence-electron chi connectivity index (χ3n) is 6.37. The number of hydrogen-bond donors (Lipinski definition) is 3. The molecule has 34 heavy (non-hydrogen) atoms. The number of aliphatic carboxylic acids is 1. The third-order valence-corrected chi connectivity index (χ3v) is 6.37. The highest BCUT2D eigenvalue weighted by atomic mass is 16.5. The van der Waals surface area contributed by atoms with Crippen LogP contribution < -0.4 is 10.6 Å². The summed E-state index contributed by atoms with van der Waals surface area (Å²) < 4.78 is 5.57. The first-order valence-electron chi connectivity index (χ1n) is 11.9. The number of benzene rings is 2. The summed E-state index contributed by atoms with van der Waals surface area (Å²) in [4.78, 5) is 35.9. The minimum absolute atomic E-state index is 0.0140. The zero-order valence-corrected chi connectivity index (χ0v) is 20.0. The van der Waals surface area contributed by atoms with E-state index in [0.29, 0.717) is 12.8 Å². The summed E-state index contributed by atoms with van der Waals surface area (Å²) in [6, 6.07) is 16.2. The molecule has 2 atom stereocenters. The number of alkyl carbamates (subject to hydrolysis) is 1. The Bertz CT molecular complexity index is 974. The number of nitrogens with one attached hydrogen (secondary N) is 2. The van der Waals surface area contributed by atoms with Crippen LogP contribution in [-0.4, -0.2) is 42.3 Å². The van der Waals surface area contributed by atoms with Crippen molar-refractivity contribution in [2.24, 2.45) is 11.8 Å². The van der Waals surface area contributed by atoms with Crippen molar-refractivity contribution < 1.29 is 24.2 Å². The Labute approximate surface area is 200 Å². The van der Waals surface area contributed by atoms with E-state index in [1.54, 1.807) is 0 Å². The van der Waals surface area contributed by atoms with Crippen LogP contribution in [0.1, 0.15) is 57.1 Å². The van der Waals surface area contributed by atoms with E-state index in [4.69, 9.17) is 9.84 Å². The second-order valence-electron chi connectivity index (χ2n) is 9.25. The van der Waals surface area contributed by atoms with Gasteiger partial charge in [0, 0.05) is 24.9 Å². The van der Waals surface area contributed by atoms with E-state index in [-0.39, 0.29) is 43.4 Å². The molecule has 2 aromatic rings. The zero-order chi connectivity index (χ0) is 24.7. The molecule has 0 aromatic heterocycles. The molecule has 0 saturated heterocycles. The monoisotopic (exact) mass is 466 g/mol. The van der Waals surface area contributed by atoms with Crippen LogP contribution in [0.4, 0.5) is 4.79 Å². The first-order valence-corrected chi connectivity index (χ1v) is 11.9. The van der Waals surface area contributed by atoms with Crippen LogP contribution in [0.5, 0.6) is 0 Å². The van der Waals surface area contributed by atoms with Gasteiger partial charge in [-0.15, -0.1) is 0 Å². The molecule has 0 radical (unpaired) electrons. The van der Waals surface area contributed by atoms with Crippen LogP contribution in [0.2, 0.25) is 0 Å². The fourth-order valence-electron chi connectivity index (χ4n) is 4.46. The largest absolute Gasteiger partial charge is 0.481 e. The molecule has 2 unspecified atom stereocenters. The minimum atomic E-state index is -0.842. The van der Waals surface area contributed by atoms with E-state index in [0.717, 1.165) is 11.1 Å². The second-order valence-corrected chi connectivity index (χ2v) is 9.25. The molecular weight excluding hydrogens is 432 g/mol. The lowest BCUT2D eigenvalue weighted by Gasteiger charge is -2.23. The van der Waals surface area contributed by atoms with Crippen molar-refractivity contribution in [2.75, 3.05) is 13.2 Å². The molecule has 182 valence electrons. The summed E-state index contributed by atoms with van der Waals surface area (Å²) >= 11 is 0. The van der Waals surface area contributed by atoms with Gasteiger partial charge in [-0.1, -0.05) is 62.4 Å². The van der Waals surface area contributed by atoms with Gasteiger partial charge in [0.1, 0.15) is 6.61 Å². The van der Waals surface area contributed by atoms with Crippen LogP contribution in [-0.2, 0) is 14.3 Å². The quantitative estimate of drug-likeness (QED) is 0.450. The fourth-order valence-corrected chi connectivity index (χ4v) is 4.46. The molecule has 0 fully saturated rings. The standard InChI is InChI=1S/C27H34N2O5/c1-17(2)23(26(32)29-18(3)9-8-14-25(30)31)15-28-27(33)34-16-24-21-12-6-4-10-19(21)20-11-5-7-13-22(20)24/h4-7,10-13,17-18,23-24H,8-9,14-16H2,1-3H3,(H,28,33)(H,29,32)(H,30,31). The van der Waals surface area contributed by atoms with Crippen LogP contribution in [0.25, 0.3) is 11.1 Å². The van der Waals surface area contributed by atoms with Gasteiger partial charge in [0.25, 0.3) is 0 Å². The van der Waals surface area contributed by atoms with Crippen molar-refractivity contribution in [2.45, 2.75) is 52.0 Å². The van der Waals surface area contributed by atoms with Gasteiger partial charge in [-0.25, -0.2) is 4.79 Å². The molecule has 1 aliphatic carbocycles. The number of rotatable bonds is 11. The van der Waals surface area contributed by atoms with Gasteiger partial charge in [0.15, 0.2) is 0 Å². The van der Waals surface area contributed by atoms with Crippen LogP contribution in [0.3, 0.4) is 0 Å². The molecule has 2 amide bonds. The third kappa shape index (κ3) is 6.37. The maximum atomic E-state index is 12.7. The SMILES string of the molecule is CC(CCCC(=O)O)NC(=O)C(CNC(=O)OCC1c2ccccc2-c2ccccc21)C(C)C. The summed E-state index contributed by atoms with van der Waals surface area (Å²) in [5, 5.41) is 14.4. The smallest absolute Gasteiger partial charge is 0.407 e. The molecule has 7 nitrogen and oxygen atoms in total. The van der Waals surface area contributed by atoms with Crippen LogP contribution >= 0.6 is 0 Å². The van der Waals surface area contributed by atoms with Gasteiger partial charge in [0.2, 0.25) is 5.91 Å². The topological polar surface area (TPSA) is 105 Å². The van der Waals surface area contributed by atoms with E-state index in [2.05, 4.69) is 34.9 Å². The van der Waals surface area contributed by atoms with Crippen LogP contribution in [0, 0.1) is 11.8 Å². The summed E-state index contributed by atoms with van der Waals surface area (Å²) in [6.45, 7) is 6.11.